The summed E-state index contributed by atoms with van der Waals surface area (Å²) in [4.78, 5) is 40.9. The number of rotatable bonds is 6. The van der Waals surface area contributed by atoms with E-state index in [9.17, 15) is 22.8 Å². The Kier molecular flexibility index (Phi) is 8.05. The molecule has 4 rings (SSSR count). The highest BCUT2D eigenvalue weighted by Crippen LogP contribution is 2.37. The van der Waals surface area contributed by atoms with Crippen molar-refractivity contribution in [1.29, 1.82) is 0 Å². The van der Waals surface area contributed by atoms with Crippen LogP contribution in [-0.2, 0) is 32.5 Å². The third kappa shape index (κ3) is 5.44. The Labute approximate surface area is 213 Å². The van der Waals surface area contributed by atoms with Gasteiger partial charge in [0.05, 0.1) is 30.8 Å². The van der Waals surface area contributed by atoms with Gasteiger partial charge in [0.25, 0.3) is 11.8 Å². The Morgan fingerprint density at radius 1 is 1.08 bits per heavy atom. The van der Waals surface area contributed by atoms with Gasteiger partial charge in [0.2, 0.25) is 10.0 Å². The van der Waals surface area contributed by atoms with E-state index in [0.717, 1.165) is 30.6 Å². The summed E-state index contributed by atoms with van der Waals surface area (Å²) in [6.45, 7) is 5.53. The minimum atomic E-state index is -3.68. The molecular formula is C23H28N4O7S2. The average molecular weight is 537 g/mol. The lowest BCUT2D eigenvalue weighted by atomic mass is 10.0. The quantitative estimate of drug-likeness (QED) is 0.572. The van der Waals surface area contributed by atoms with E-state index >= 15 is 0 Å². The number of hydrogen-bond donors (Lipinski definition) is 2. The maximum absolute atomic E-state index is 13.0. The molecule has 0 saturated carbocycles. The molecule has 2 aliphatic rings. The molecule has 3 heterocycles. The van der Waals surface area contributed by atoms with Gasteiger partial charge in [-0.1, -0.05) is 6.92 Å². The number of sulfonamides is 1. The van der Waals surface area contributed by atoms with Crippen LogP contribution in [0.25, 0.3) is 0 Å². The average Bonchev–Trinajstić information content (AvgIpc) is 3.25. The summed E-state index contributed by atoms with van der Waals surface area (Å²) in [5.74, 6) is -1.14. The molecule has 3 amide bonds. The fraction of sp³-hybridized carbons (Fsp3) is 0.435. The molecule has 1 fully saturated rings. The Bertz CT molecular complexity index is 1250. The van der Waals surface area contributed by atoms with Gasteiger partial charge >= 0.3 is 6.09 Å². The number of carbonyl (C=O) groups excluding carboxylic acids is 3. The first-order valence-corrected chi connectivity index (χ1v) is 13.8. The predicted octanol–water partition coefficient (Wildman–Crippen LogP) is 1.90. The highest BCUT2D eigenvalue weighted by Gasteiger charge is 2.30. The number of nitrogens with zero attached hydrogens (tertiary/aromatic N) is 2. The number of nitrogens with one attached hydrogen (secondary N) is 2. The zero-order valence-electron chi connectivity index (χ0n) is 20.0. The van der Waals surface area contributed by atoms with Crippen molar-refractivity contribution in [3.8, 4) is 0 Å². The molecule has 2 N–H and O–H groups in total. The van der Waals surface area contributed by atoms with Gasteiger partial charge in [-0.3, -0.25) is 19.8 Å². The van der Waals surface area contributed by atoms with Crippen LogP contribution in [-0.4, -0.2) is 82.0 Å². The number of morpholine rings is 1. The minimum absolute atomic E-state index is 0.0883. The van der Waals surface area contributed by atoms with E-state index < -0.39 is 27.9 Å². The van der Waals surface area contributed by atoms with Gasteiger partial charge in [-0.15, -0.1) is 11.3 Å². The molecule has 1 aromatic carbocycles. The maximum Gasteiger partial charge on any atom is 0.413 e. The number of fused-ring (bicyclic) bond motifs is 1. The Morgan fingerprint density at radius 3 is 2.42 bits per heavy atom. The van der Waals surface area contributed by atoms with E-state index in [1.165, 1.54) is 39.9 Å². The molecule has 0 unspecified atom stereocenters. The number of alkyl carbamates (subject to hydrolysis) is 1. The van der Waals surface area contributed by atoms with Gasteiger partial charge in [-0.05, 0) is 42.8 Å². The zero-order chi connectivity index (χ0) is 25.9. The van der Waals surface area contributed by atoms with Crippen LogP contribution in [0, 0.1) is 0 Å². The van der Waals surface area contributed by atoms with Crippen molar-refractivity contribution in [2.75, 3.05) is 51.8 Å². The van der Waals surface area contributed by atoms with Crippen LogP contribution < -0.4 is 10.6 Å². The maximum atomic E-state index is 13.0. The smallest absolute Gasteiger partial charge is 0.413 e. The second-order valence-corrected chi connectivity index (χ2v) is 11.3. The molecule has 0 bridgehead atoms. The van der Waals surface area contributed by atoms with Gasteiger partial charge in [0.1, 0.15) is 5.00 Å². The largest absolute Gasteiger partial charge is 0.453 e. The van der Waals surface area contributed by atoms with Gasteiger partial charge in [-0.2, -0.15) is 4.31 Å². The third-order valence-corrected chi connectivity index (χ3v) is 9.21. The van der Waals surface area contributed by atoms with E-state index in [0.29, 0.717) is 31.2 Å². The molecule has 1 saturated heterocycles. The fourth-order valence-electron chi connectivity index (χ4n) is 4.15. The normalized spacial score (nSPS) is 16.7. The zero-order valence-corrected chi connectivity index (χ0v) is 21.7. The van der Waals surface area contributed by atoms with Crippen molar-refractivity contribution >= 4 is 44.3 Å². The van der Waals surface area contributed by atoms with Gasteiger partial charge in [-0.25, -0.2) is 13.2 Å². The first-order chi connectivity index (χ1) is 17.2. The van der Waals surface area contributed by atoms with Crippen LogP contribution in [0.1, 0.15) is 38.1 Å². The molecule has 0 spiro atoms. The van der Waals surface area contributed by atoms with Crippen LogP contribution in [0.15, 0.2) is 29.2 Å². The van der Waals surface area contributed by atoms with Crippen LogP contribution in [0.4, 0.5) is 9.80 Å². The molecule has 0 atom stereocenters. The lowest BCUT2D eigenvalue weighted by molar-refractivity contribution is 0.0730. The second-order valence-electron chi connectivity index (χ2n) is 8.27. The van der Waals surface area contributed by atoms with Gasteiger partial charge < -0.3 is 14.8 Å². The molecule has 13 heteroatoms. The number of thiophene rings is 1. The molecule has 2 aliphatic heterocycles. The number of methoxy groups -OCH3 is 1. The van der Waals surface area contributed by atoms with Crippen molar-refractivity contribution in [1.82, 2.24) is 14.5 Å². The van der Waals surface area contributed by atoms with Crippen molar-refractivity contribution in [3.63, 3.8) is 0 Å². The van der Waals surface area contributed by atoms with Crippen LogP contribution in [0.5, 0.6) is 0 Å². The summed E-state index contributed by atoms with van der Waals surface area (Å²) in [5.41, 5.74) is 1.28. The molecule has 0 radical (unpaired) electrons. The Morgan fingerprint density at radius 2 is 1.78 bits per heavy atom. The van der Waals surface area contributed by atoms with Gasteiger partial charge in [0.15, 0.2) is 0 Å². The monoisotopic (exact) mass is 536 g/mol. The summed E-state index contributed by atoms with van der Waals surface area (Å²) < 4.78 is 36.8. The summed E-state index contributed by atoms with van der Waals surface area (Å²) in [5, 5.41) is 5.29. The third-order valence-electron chi connectivity index (χ3n) is 6.16. The molecular weight excluding hydrogens is 508 g/mol. The van der Waals surface area contributed by atoms with Crippen molar-refractivity contribution in [3.05, 3.63) is 45.8 Å². The first kappa shape index (κ1) is 26.2. The van der Waals surface area contributed by atoms with Crippen molar-refractivity contribution < 1.29 is 32.3 Å². The number of likely N-dealkylation sites (N-methyl/N-ethyl adjacent to an activating group) is 1. The first-order valence-electron chi connectivity index (χ1n) is 11.5. The highest BCUT2D eigenvalue weighted by molar-refractivity contribution is 7.89. The predicted molar refractivity (Wildman–Crippen MR) is 133 cm³/mol. The van der Waals surface area contributed by atoms with Gasteiger partial charge in [0, 0.05) is 36.6 Å². The van der Waals surface area contributed by atoms with Crippen LogP contribution in [0.3, 0.4) is 0 Å². The number of ether oxygens (including phenoxy) is 2. The number of carbonyl (C=O) groups is 3. The molecule has 2 aromatic rings. The summed E-state index contributed by atoms with van der Waals surface area (Å²) in [6.07, 6.45) is -0.284. The number of benzene rings is 1. The lowest BCUT2D eigenvalue weighted by Gasteiger charge is -2.26. The molecule has 11 nitrogen and oxygen atoms in total. The summed E-state index contributed by atoms with van der Waals surface area (Å²) in [6, 6.07) is 5.65. The minimum Gasteiger partial charge on any atom is -0.453 e. The molecule has 36 heavy (non-hydrogen) atoms. The standard InChI is InChI=1S/C23H28N4O7S2/c1-3-26-9-8-17-18(14-26)35-22(19(17)21(29)25-23(30)33-2)24-20(28)15-4-6-16(7-5-15)36(31,32)27-10-12-34-13-11-27/h4-7H,3,8-14H2,1-2H3,(H,24,28)(H,25,29,30). The topological polar surface area (TPSA) is 134 Å². The van der Waals surface area contributed by atoms with Crippen LogP contribution >= 0.6 is 11.3 Å². The number of anilines is 1. The van der Waals surface area contributed by atoms with Crippen LogP contribution in [0.2, 0.25) is 0 Å². The van der Waals surface area contributed by atoms with E-state index in [4.69, 9.17) is 4.74 Å². The molecule has 0 aliphatic carbocycles. The van der Waals surface area contributed by atoms with E-state index in [1.54, 1.807) is 0 Å². The number of hydrogen-bond acceptors (Lipinski definition) is 9. The lowest BCUT2D eigenvalue weighted by Crippen LogP contribution is -2.40. The summed E-state index contributed by atoms with van der Waals surface area (Å²) >= 11 is 1.29. The number of imide groups is 1. The molecule has 1 aromatic heterocycles. The second kappa shape index (κ2) is 11.0. The van der Waals surface area contributed by atoms with Crippen molar-refractivity contribution in [2.24, 2.45) is 0 Å². The highest BCUT2D eigenvalue weighted by atomic mass is 32.2. The number of amides is 3. The van der Waals surface area contributed by atoms with E-state index in [2.05, 4.69) is 27.2 Å². The fourth-order valence-corrected chi connectivity index (χ4v) is 6.84. The van der Waals surface area contributed by atoms with E-state index in [-0.39, 0.29) is 29.1 Å². The Balaban J connectivity index is 1.57. The van der Waals surface area contributed by atoms with E-state index in [1.807, 2.05) is 0 Å². The molecule has 194 valence electrons. The Hall–Kier alpha value is -2.84. The summed E-state index contributed by atoms with van der Waals surface area (Å²) in [7, 11) is -2.52. The van der Waals surface area contributed by atoms with Crippen molar-refractivity contribution in [2.45, 2.75) is 24.8 Å². The SMILES string of the molecule is CCN1CCc2c(sc(NC(=O)c3ccc(S(=O)(=O)N4CCOCC4)cc3)c2C(=O)NC(=O)OC)C1.